The highest BCUT2D eigenvalue weighted by Crippen LogP contribution is 2.12. The molecular formula is C7H7N3O2. The van der Waals surface area contributed by atoms with Crippen LogP contribution in [0.5, 0.6) is 0 Å². The highest BCUT2D eigenvalue weighted by atomic mass is 16.5. The number of esters is 1. The normalized spacial score (nSPS) is 9.08. The average Bonchev–Trinajstić information content (AvgIpc) is 2.45. The van der Waals surface area contributed by atoms with Crippen molar-refractivity contribution in [3.63, 3.8) is 0 Å². The third kappa shape index (κ3) is 1.27. The van der Waals surface area contributed by atoms with E-state index in [1.54, 1.807) is 7.05 Å². The summed E-state index contributed by atoms with van der Waals surface area (Å²) in [6.07, 6.45) is 0. The quantitative estimate of drug-likeness (QED) is 0.456. The topological polar surface area (TPSA) is 48.5 Å². The van der Waals surface area contributed by atoms with Crippen molar-refractivity contribution in [3.8, 4) is 0 Å². The molecule has 1 aromatic rings. The van der Waals surface area contributed by atoms with Gasteiger partial charge in [0, 0.05) is 0 Å². The second kappa shape index (κ2) is 3.05. The van der Waals surface area contributed by atoms with Gasteiger partial charge in [-0.3, -0.25) is 0 Å². The van der Waals surface area contributed by atoms with E-state index >= 15 is 0 Å². The van der Waals surface area contributed by atoms with Gasteiger partial charge in [-0.25, -0.2) is 9.48 Å². The van der Waals surface area contributed by atoms with E-state index in [-0.39, 0.29) is 5.69 Å². The number of aromatic nitrogens is 2. The standard InChI is InChI=1S/C7H7N3O2/c1-8-6-4-5(7(11)12-3)9-10(6)2/h4H,2-3H3. The predicted octanol–water partition coefficient (Wildman–Crippen LogP) is 0.757. The second-order valence-corrected chi connectivity index (χ2v) is 2.11. The zero-order chi connectivity index (χ0) is 9.14. The van der Waals surface area contributed by atoms with E-state index in [1.165, 1.54) is 17.9 Å². The predicted molar refractivity (Wildman–Crippen MR) is 40.8 cm³/mol. The summed E-state index contributed by atoms with van der Waals surface area (Å²) in [5, 5.41) is 3.78. The van der Waals surface area contributed by atoms with Gasteiger partial charge in [0.15, 0.2) is 5.69 Å². The van der Waals surface area contributed by atoms with E-state index in [0.717, 1.165) is 0 Å². The number of methoxy groups -OCH3 is 1. The fourth-order valence-electron chi connectivity index (χ4n) is 0.766. The Bertz CT molecular complexity index is 348. The van der Waals surface area contributed by atoms with E-state index in [2.05, 4.69) is 14.7 Å². The van der Waals surface area contributed by atoms with Crippen molar-refractivity contribution in [1.29, 1.82) is 0 Å². The van der Waals surface area contributed by atoms with E-state index < -0.39 is 5.97 Å². The summed E-state index contributed by atoms with van der Waals surface area (Å²) < 4.78 is 5.76. The molecule has 0 spiro atoms. The van der Waals surface area contributed by atoms with Crippen LogP contribution in [0.1, 0.15) is 10.5 Å². The van der Waals surface area contributed by atoms with Gasteiger partial charge in [-0.05, 0) is 6.07 Å². The fourth-order valence-corrected chi connectivity index (χ4v) is 0.766. The van der Waals surface area contributed by atoms with E-state index in [0.29, 0.717) is 5.82 Å². The van der Waals surface area contributed by atoms with Crippen LogP contribution in [-0.4, -0.2) is 22.9 Å². The molecule has 0 N–H and O–H groups in total. The van der Waals surface area contributed by atoms with Gasteiger partial charge >= 0.3 is 5.97 Å². The van der Waals surface area contributed by atoms with Crippen LogP contribution in [0, 0.1) is 6.57 Å². The summed E-state index contributed by atoms with van der Waals surface area (Å²) in [5.41, 5.74) is 0.158. The van der Waals surface area contributed by atoms with Crippen LogP contribution in [0.15, 0.2) is 6.07 Å². The van der Waals surface area contributed by atoms with Crippen LogP contribution >= 0.6 is 0 Å². The molecule has 0 saturated carbocycles. The summed E-state index contributed by atoms with van der Waals surface area (Å²) in [6.45, 7) is 6.71. The van der Waals surface area contributed by atoms with Crippen LogP contribution in [-0.2, 0) is 11.8 Å². The zero-order valence-corrected chi connectivity index (χ0v) is 6.74. The van der Waals surface area contributed by atoms with Gasteiger partial charge in [-0.2, -0.15) is 0 Å². The first-order chi connectivity index (χ1) is 5.69. The number of ether oxygens (including phenoxy) is 1. The third-order valence-corrected chi connectivity index (χ3v) is 1.36. The summed E-state index contributed by atoms with van der Waals surface area (Å²) >= 11 is 0. The van der Waals surface area contributed by atoms with Gasteiger partial charge in [0.05, 0.1) is 14.2 Å². The Morgan fingerprint density at radius 1 is 1.83 bits per heavy atom. The molecule has 0 amide bonds. The molecule has 5 nitrogen and oxygen atoms in total. The van der Waals surface area contributed by atoms with Gasteiger partial charge in [-0.1, -0.05) is 11.7 Å². The van der Waals surface area contributed by atoms with Gasteiger partial charge in [0.2, 0.25) is 0 Å². The summed E-state index contributed by atoms with van der Waals surface area (Å²) in [5.74, 6) is -0.212. The second-order valence-electron chi connectivity index (χ2n) is 2.11. The first-order valence-electron chi connectivity index (χ1n) is 3.19. The maximum absolute atomic E-state index is 10.9. The van der Waals surface area contributed by atoms with Crippen molar-refractivity contribution in [2.24, 2.45) is 7.05 Å². The molecular weight excluding hydrogens is 158 g/mol. The summed E-state index contributed by atoms with van der Waals surface area (Å²) in [4.78, 5) is 14.0. The lowest BCUT2D eigenvalue weighted by Gasteiger charge is -1.89. The molecule has 12 heavy (non-hydrogen) atoms. The number of carbonyl (C=O) groups excluding carboxylic acids is 1. The van der Waals surface area contributed by atoms with Crippen LogP contribution < -0.4 is 0 Å². The smallest absolute Gasteiger partial charge is 0.359 e. The molecule has 1 rings (SSSR count). The van der Waals surface area contributed by atoms with Crippen molar-refractivity contribution in [1.82, 2.24) is 9.78 Å². The van der Waals surface area contributed by atoms with Gasteiger partial charge in [-0.15, -0.1) is 0 Å². The highest BCUT2D eigenvalue weighted by molar-refractivity contribution is 5.88. The molecule has 0 bridgehead atoms. The van der Waals surface area contributed by atoms with E-state index in [9.17, 15) is 4.79 Å². The monoisotopic (exact) mass is 165 g/mol. The maximum atomic E-state index is 10.9. The van der Waals surface area contributed by atoms with Gasteiger partial charge in [0.1, 0.15) is 0 Å². The van der Waals surface area contributed by atoms with E-state index in [1.807, 2.05) is 0 Å². The number of hydrogen-bond donors (Lipinski definition) is 0. The average molecular weight is 165 g/mol. The third-order valence-electron chi connectivity index (χ3n) is 1.36. The molecule has 0 fully saturated rings. The number of carbonyl (C=O) groups is 1. The molecule has 0 saturated heterocycles. The Labute approximate surface area is 69.4 Å². The van der Waals surface area contributed by atoms with Crippen molar-refractivity contribution in [3.05, 3.63) is 23.2 Å². The largest absolute Gasteiger partial charge is 0.464 e. The van der Waals surface area contributed by atoms with Crippen molar-refractivity contribution in [2.75, 3.05) is 7.11 Å². The molecule has 5 heteroatoms. The van der Waals surface area contributed by atoms with Crippen LogP contribution in [0.2, 0.25) is 0 Å². The van der Waals surface area contributed by atoms with Crippen molar-refractivity contribution < 1.29 is 9.53 Å². The summed E-state index contributed by atoms with van der Waals surface area (Å²) in [7, 11) is 2.87. The number of hydrogen-bond acceptors (Lipinski definition) is 3. The molecule has 1 heterocycles. The molecule has 0 aliphatic rings. The Kier molecular flexibility index (Phi) is 2.10. The Balaban J connectivity index is 3.07. The Hall–Kier alpha value is -1.83. The lowest BCUT2D eigenvalue weighted by atomic mass is 10.4. The molecule has 0 aliphatic carbocycles. The molecule has 0 atom stereocenters. The zero-order valence-electron chi connectivity index (χ0n) is 6.74. The number of aryl methyl sites for hydroxylation is 1. The Morgan fingerprint density at radius 2 is 2.50 bits per heavy atom. The number of nitrogens with zero attached hydrogens (tertiary/aromatic N) is 3. The minimum atomic E-state index is -0.527. The SMILES string of the molecule is [C-]#[N+]c1cc(C(=O)OC)nn1C. The lowest BCUT2D eigenvalue weighted by molar-refractivity contribution is 0.0593. The van der Waals surface area contributed by atoms with Crippen LogP contribution in [0.4, 0.5) is 5.82 Å². The summed E-state index contributed by atoms with van der Waals surface area (Å²) in [6, 6.07) is 1.39. The molecule has 0 aromatic carbocycles. The van der Waals surface area contributed by atoms with Crippen molar-refractivity contribution in [2.45, 2.75) is 0 Å². The molecule has 0 unspecified atom stereocenters. The molecule has 1 aromatic heterocycles. The van der Waals surface area contributed by atoms with E-state index in [4.69, 9.17) is 6.57 Å². The Morgan fingerprint density at radius 3 is 2.92 bits per heavy atom. The maximum Gasteiger partial charge on any atom is 0.359 e. The molecule has 0 aliphatic heterocycles. The van der Waals surface area contributed by atoms with Gasteiger partial charge < -0.3 is 9.58 Å². The van der Waals surface area contributed by atoms with Crippen molar-refractivity contribution >= 4 is 11.8 Å². The first kappa shape index (κ1) is 8.27. The minimum absolute atomic E-state index is 0.158. The molecule has 62 valence electrons. The highest BCUT2D eigenvalue weighted by Gasteiger charge is 2.13. The van der Waals surface area contributed by atoms with Gasteiger partial charge in [0.25, 0.3) is 5.82 Å². The fraction of sp³-hybridized carbons (Fsp3) is 0.286. The molecule has 0 radical (unpaired) electrons. The minimum Gasteiger partial charge on any atom is -0.464 e. The van der Waals surface area contributed by atoms with Crippen LogP contribution in [0.3, 0.4) is 0 Å². The first-order valence-corrected chi connectivity index (χ1v) is 3.19. The van der Waals surface area contributed by atoms with Crippen LogP contribution in [0.25, 0.3) is 4.85 Å². The lowest BCUT2D eigenvalue weighted by Crippen LogP contribution is -2.02. The number of rotatable bonds is 1.